The lowest BCUT2D eigenvalue weighted by molar-refractivity contribution is 0.210. The number of aromatic nitrogens is 3. The van der Waals surface area contributed by atoms with Crippen LogP contribution < -0.4 is 0 Å². The zero-order chi connectivity index (χ0) is 9.97. The van der Waals surface area contributed by atoms with Crippen LogP contribution in [0, 0.1) is 0 Å². The number of rotatable bonds is 2. The summed E-state index contributed by atoms with van der Waals surface area (Å²) in [5.41, 5.74) is 0. The van der Waals surface area contributed by atoms with Gasteiger partial charge in [0.15, 0.2) is 0 Å². The molecule has 0 N–H and O–H groups in total. The molecule has 0 radical (unpaired) electrons. The number of likely N-dealkylation sites (tertiary alicyclic amines) is 1. The predicted molar refractivity (Wildman–Crippen MR) is 55.3 cm³/mol. The minimum Gasteiger partial charge on any atom is -0.312 e. The van der Waals surface area contributed by atoms with Crippen LogP contribution in [0.5, 0.6) is 0 Å². The maximum Gasteiger partial charge on any atom is 0.148 e. The van der Waals surface area contributed by atoms with Crippen molar-refractivity contribution in [2.45, 2.75) is 24.8 Å². The smallest absolute Gasteiger partial charge is 0.148 e. The van der Waals surface area contributed by atoms with Gasteiger partial charge < -0.3 is 9.47 Å². The van der Waals surface area contributed by atoms with Crippen molar-refractivity contribution >= 4 is 11.6 Å². The Morgan fingerprint density at radius 2 is 2.50 bits per heavy atom. The number of likely N-dealkylation sites (N-methyl/N-ethyl adjacent to an activating group) is 1. The Hall–Kier alpha value is -0.610. The Labute approximate surface area is 88.9 Å². The first-order chi connectivity index (χ1) is 6.81. The average molecular weight is 215 g/mol. The number of alkyl halides is 1. The molecule has 0 bridgehead atoms. The van der Waals surface area contributed by atoms with Gasteiger partial charge in [0.2, 0.25) is 0 Å². The van der Waals surface area contributed by atoms with Crippen LogP contribution in [0.25, 0.3) is 0 Å². The molecule has 1 unspecified atom stereocenters. The zero-order valence-corrected chi connectivity index (χ0v) is 9.11. The molecule has 0 amide bonds. The van der Waals surface area contributed by atoms with Crippen LogP contribution in [0.2, 0.25) is 0 Å². The highest BCUT2D eigenvalue weighted by molar-refractivity contribution is 6.16. The lowest BCUT2D eigenvalue weighted by Crippen LogP contribution is -2.33. The van der Waals surface area contributed by atoms with Crippen molar-refractivity contribution in [1.29, 1.82) is 0 Å². The molecule has 78 valence electrons. The highest BCUT2D eigenvalue weighted by atomic mass is 35.5. The van der Waals surface area contributed by atoms with Gasteiger partial charge in [0.25, 0.3) is 0 Å². The normalized spacial score (nSPS) is 24.0. The van der Waals surface area contributed by atoms with Crippen LogP contribution in [-0.4, -0.2) is 39.8 Å². The van der Waals surface area contributed by atoms with E-state index in [0.717, 1.165) is 12.4 Å². The monoisotopic (exact) mass is 214 g/mol. The van der Waals surface area contributed by atoms with Gasteiger partial charge in [-0.15, -0.1) is 21.8 Å². The van der Waals surface area contributed by atoms with E-state index in [1.54, 1.807) is 6.33 Å². The fourth-order valence-corrected chi connectivity index (χ4v) is 2.22. The third-order valence-corrected chi connectivity index (χ3v) is 3.00. The molecule has 2 rings (SSSR count). The van der Waals surface area contributed by atoms with Crippen molar-refractivity contribution < 1.29 is 0 Å². The second kappa shape index (κ2) is 4.28. The second-order valence-corrected chi connectivity index (χ2v) is 4.11. The van der Waals surface area contributed by atoms with Gasteiger partial charge in [-0.2, -0.15) is 0 Å². The first-order valence-corrected chi connectivity index (χ1v) is 5.47. The van der Waals surface area contributed by atoms with Crippen molar-refractivity contribution in [1.82, 2.24) is 19.7 Å². The number of piperidine rings is 1. The van der Waals surface area contributed by atoms with E-state index >= 15 is 0 Å². The van der Waals surface area contributed by atoms with E-state index in [0.29, 0.717) is 11.9 Å². The summed E-state index contributed by atoms with van der Waals surface area (Å²) in [5, 5.41) is 7.90. The molecule has 0 aliphatic carbocycles. The molecule has 1 fully saturated rings. The van der Waals surface area contributed by atoms with Crippen molar-refractivity contribution in [3.05, 3.63) is 12.2 Å². The molecule has 1 atom stereocenters. The summed E-state index contributed by atoms with van der Waals surface area (Å²) < 4.78 is 2.11. The minimum atomic E-state index is 0.445. The van der Waals surface area contributed by atoms with Gasteiger partial charge in [0.05, 0.1) is 5.88 Å². The zero-order valence-electron chi connectivity index (χ0n) is 8.36. The molecule has 2 heterocycles. The van der Waals surface area contributed by atoms with E-state index in [4.69, 9.17) is 11.6 Å². The third kappa shape index (κ3) is 1.91. The molecule has 1 aromatic rings. The number of hydrogen-bond acceptors (Lipinski definition) is 3. The Bertz CT molecular complexity index is 299. The number of hydrogen-bond donors (Lipinski definition) is 0. The molecule has 4 nitrogen and oxygen atoms in total. The van der Waals surface area contributed by atoms with E-state index in [2.05, 4.69) is 26.7 Å². The maximum atomic E-state index is 5.79. The van der Waals surface area contributed by atoms with Crippen molar-refractivity contribution in [3.8, 4) is 0 Å². The van der Waals surface area contributed by atoms with Crippen LogP contribution in [0.1, 0.15) is 24.7 Å². The Morgan fingerprint density at radius 3 is 3.21 bits per heavy atom. The predicted octanol–water partition coefficient (Wildman–Crippen LogP) is 1.28. The van der Waals surface area contributed by atoms with Crippen molar-refractivity contribution in [2.75, 3.05) is 20.1 Å². The summed E-state index contributed by atoms with van der Waals surface area (Å²) in [5.74, 6) is 1.33. The fourth-order valence-electron chi connectivity index (χ4n) is 2.03. The first kappa shape index (κ1) is 9.93. The maximum absolute atomic E-state index is 5.79. The van der Waals surface area contributed by atoms with Crippen LogP contribution in [0.4, 0.5) is 0 Å². The summed E-state index contributed by atoms with van der Waals surface area (Å²) in [6, 6.07) is 0.498. The standard InChI is InChI=1S/C9H15ClN4/c1-13-4-2-3-8(6-13)14-7-11-12-9(14)5-10/h7-8H,2-6H2,1H3. The molecule has 0 saturated carbocycles. The number of halogens is 1. The van der Waals surface area contributed by atoms with Gasteiger partial charge in [-0.05, 0) is 26.4 Å². The van der Waals surface area contributed by atoms with Gasteiger partial charge >= 0.3 is 0 Å². The Balaban J connectivity index is 2.13. The van der Waals surface area contributed by atoms with Gasteiger partial charge in [0, 0.05) is 12.6 Å². The second-order valence-electron chi connectivity index (χ2n) is 3.85. The fraction of sp³-hybridized carbons (Fsp3) is 0.778. The summed E-state index contributed by atoms with van der Waals surface area (Å²) in [6.07, 6.45) is 4.23. The van der Waals surface area contributed by atoms with E-state index in [-0.39, 0.29) is 0 Å². The van der Waals surface area contributed by atoms with Gasteiger partial charge in [0.1, 0.15) is 12.2 Å². The average Bonchev–Trinajstić information content (AvgIpc) is 2.65. The molecule has 14 heavy (non-hydrogen) atoms. The molecule has 1 saturated heterocycles. The van der Waals surface area contributed by atoms with E-state index < -0.39 is 0 Å². The quantitative estimate of drug-likeness (QED) is 0.696. The van der Waals surface area contributed by atoms with Gasteiger partial charge in [-0.25, -0.2) is 0 Å². The van der Waals surface area contributed by atoms with Crippen LogP contribution in [0.15, 0.2) is 6.33 Å². The van der Waals surface area contributed by atoms with Crippen LogP contribution >= 0.6 is 11.6 Å². The minimum absolute atomic E-state index is 0.445. The number of nitrogens with zero attached hydrogens (tertiary/aromatic N) is 4. The van der Waals surface area contributed by atoms with E-state index in [9.17, 15) is 0 Å². The van der Waals surface area contributed by atoms with Gasteiger partial charge in [-0.3, -0.25) is 0 Å². The van der Waals surface area contributed by atoms with Crippen LogP contribution in [-0.2, 0) is 5.88 Å². The molecule has 0 aromatic carbocycles. The van der Waals surface area contributed by atoms with E-state index in [1.165, 1.54) is 19.4 Å². The highest BCUT2D eigenvalue weighted by Gasteiger charge is 2.20. The highest BCUT2D eigenvalue weighted by Crippen LogP contribution is 2.21. The van der Waals surface area contributed by atoms with Gasteiger partial charge in [-0.1, -0.05) is 0 Å². The summed E-state index contributed by atoms with van der Waals surface area (Å²) in [7, 11) is 2.15. The lowest BCUT2D eigenvalue weighted by atomic mass is 10.1. The molecular weight excluding hydrogens is 200 g/mol. The van der Waals surface area contributed by atoms with E-state index in [1.807, 2.05) is 0 Å². The first-order valence-electron chi connectivity index (χ1n) is 4.94. The molecule has 0 spiro atoms. The Morgan fingerprint density at radius 1 is 1.64 bits per heavy atom. The Kier molecular flexibility index (Phi) is 3.03. The molecule has 1 aromatic heterocycles. The summed E-state index contributed by atoms with van der Waals surface area (Å²) in [4.78, 5) is 2.34. The largest absolute Gasteiger partial charge is 0.312 e. The SMILES string of the molecule is CN1CCCC(n2cnnc2CCl)C1. The van der Waals surface area contributed by atoms with Crippen molar-refractivity contribution in [3.63, 3.8) is 0 Å². The molecular formula is C9H15ClN4. The lowest BCUT2D eigenvalue weighted by Gasteiger charge is -2.30. The third-order valence-electron chi connectivity index (χ3n) is 2.76. The topological polar surface area (TPSA) is 34.0 Å². The van der Waals surface area contributed by atoms with Crippen molar-refractivity contribution in [2.24, 2.45) is 0 Å². The molecule has 5 heteroatoms. The molecule has 1 aliphatic heterocycles. The van der Waals surface area contributed by atoms with Crippen LogP contribution in [0.3, 0.4) is 0 Å². The molecule has 1 aliphatic rings. The summed E-state index contributed by atoms with van der Waals surface area (Å²) in [6.45, 7) is 2.26. The summed E-state index contributed by atoms with van der Waals surface area (Å²) >= 11 is 5.79.